The van der Waals surface area contributed by atoms with Crippen LogP contribution in [0.1, 0.15) is 13.8 Å². The molecular weight excluding hydrogens is 457 g/mol. The van der Waals surface area contributed by atoms with Crippen molar-refractivity contribution in [3.8, 4) is 0 Å². The third-order valence-electron chi connectivity index (χ3n) is 5.18. The van der Waals surface area contributed by atoms with Gasteiger partial charge in [0.2, 0.25) is 5.91 Å². The van der Waals surface area contributed by atoms with Crippen LogP contribution >= 0.6 is 24.0 Å². The Bertz CT molecular complexity index is 480. The molecule has 0 aliphatic carbocycles. The molecule has 1 atom stereocenters. The maximum absolute atomic E-state index is 11.9. The molecule has 0 aromatic rings. The Balaban J connectivity index is 0.00000364. The van der Waals surface area contributed by atoms with Crippen LogP contribution < -0.4 is 10.6 Å². The highest BCUT2D eigenvalue weighted by Crippen LogP contribution is 2.06. The molecule has 0 spiro atoms. The van der Waals surface area contributed by atoms with Gasteiger partial charge in [-0.1, -0.05) is 0 Å². The van der Waals surface area contributed by atoms with Crippen LogP contribution in [0.4, 0.5) is 0 Å². The molecule has 0 saturated carbocycles. The zero-order valence-electron chi connectivity index (χ0n) is 17.6. The van der Waals surface area contributed by atoms with Gasteiger partial charge in [-0.25, -0.2) is 0 Å². The van der Waals surface area contributed by atoms with Crippen LogP contribution in [0.15, 0.2) is 4.99 Å². The number of likely N-dealkylation sites (N-methyl/N-ethyl adjacent to an activating group) is 2. The number of nitrogens with one attached hydrogen (secondary N) is 2. The smallest absolute Gasteiger partial charge is 0.234 e. The molecule has 2 heterocycles. The molecular formula is C18H38IN7O. The van der Waals surface area contributed by atoms with Gasteiger partial charge in [-0.2, -0.15) is 0 Å². The molecule has 2 N–H and O–H groups in total. The van der Waals surface area contributed by atoms with E-state index in [4.69, 9.17) is 0 Å². The van der Waals surface area contributed by atoms with E-state index in [1.807, 2.05) is 20.9 Å². The van der Waals surface area contributed by atoms with E-state index in [0.717, 1.165) is 58.3 Å². The number of rotatable bonds is 5. The lowest BCUT2D eigenvalue weighted by Gasteiger charge is -2.39. The first-order valence-electron chi connectivity index (χ1n) is 9.75. The Morgan fingerprint density at radius 2 is 1.78 bits per heavy atom. The fraction of sp³-hybridized carbons (Fsp3) is 0.889. The van der Waals surface area contributed by atoms with Crippen molar-refractivity contribution in [2.45, 2.75) is 25.9 Å². The zero-order chi connectivity index (χ0) is 19.1. The summed E-state index contributed by atoms with van der Waals surface area (Å²) in [6.07, 6.45) is 0. The van der Waals surface area contributed by atoms with Crippen molar-refractivity contribution in [2.24, 2.45) is 4.99 Å². The van der Waals surface area contributed by atoms with E-state index in [2.05, 4.69) is 49.3 Å². The molecule has 9 heteroatoms. The van der Waals surface area contributed by atoms with Crippen LogP contribution in [0.2, 0.25) is 0 Å². The molecule has 8 nitrogen and oxygen atoms in total. The molecule has 2 aliphatic heterocycles. The van der Waals surface area contributed by atoms with Gasteiger partial charge in [0.1, 0.15) is 0 Å². The maximum atomic E-state index is 11.9. The molecule has 0 radical (unpaired) electrons. The topological polar surface area (TPSA) is 66.5 Å². The largest absolute Gasteiger partial charge is 0.355 e. The molecule has 2 saturated heterocycles. The van der Waals surface area contributed by atoms with Crippen LogP contribution in [0.3, 0.4) is 0 Å². The zero-order valence-corrected chi connectivity index (χ0v) is 19.9. The van der Waals surface area contributed by atoms with Crippen molar-refractivity contribution in [1.29, 1.82) is 0 Å². The second-order valence-electron chi connectivity index (χ2n) is 7.81. The fourth-order valence-electron chi connectivity index (χ4n) is 3.55. The number of guanidine groups is 1. The van der Waals surface area contributed by atoms with Crippen LogP contribution in [0.25, 0.3) is 0 Å². The summed E-state index contributed by atoms with van der Waals surface area (Å²) in [6, 6.07) is 0.704. The summed E-state index contributed by atoms with van der Waals surface area (Å²) in [5, 5.41) is 6.51. The van der Waals surface area contributed by atoms with Gasteiger partial charge >= 0.3 is 0 Å². The minimum absolute atomic E-state index is 0. The number of carbonyl (C=O) groups excluding carboxylic acids is 1. The summed E-state index contributed by atoms with van der Waals surface area (Å²) in [6.45, 7) is 12.3. The Labute approximate surface area is 181 Å². The van der Waals surface area contributed by atoms with E-state index < -0.39 is 0 Å². The highest BCUT2D eigenvalue weighted by molar-refractivity contribution is 14.0. The number of carbonyl (C=O) groups is 1. The maximum Gasteiger partial charge on any atom is 0.234 e. The number of hydrogen-bond donors (Lipinski definition) is 2. The quantitative estimate of drug-likeness (QED) is 0.307. The van der Waals surface area contributed by atoms with Crippen LogP contribution in [-0.2, 0) is 4.79 Å². The van der Waals surface area contributed by atoms with Gasteiger partial charge in [0.05, 0.1) is 6.54 Å². The number of halogens is 1. The monoisotopic (exact) mass is 495 g/mol. The number of amides is 1. The van der Waals surface area contributed by atoms with Crippen molar-refractivity contribution >= 4 is 35.8 Å². The van der Waals surface area contributed by atoms with Crippen molar-refractivity contribution in [1.82, 2.24) is 30.2 Å². The molecule has 0 aromatic carbocycles. The molecule has 0 aromatic heterocycles. The Morgan fingerprint density at radius 3 is 2.37 bits per heavy atom. The molecule has 0 bridgehead atoms. The summed E-state index contributed by atoms with van der Waals surface area (Å²) in [4.78, 5) is 25.7. The van der Waals surface area contributed by atoms with E-state index in [1.54, 1.807) is 0 Å². The standard InChI is InChI=1S/C18H37N7O.HI/c1-15(2)21-17(26)14-24-8-10-25(11-9-24)18(19-3)20-12-16-13-22(4)6-7-23(16)5;/h15-16H,6-14H2,1-5H3,(H,19,20)(H,21,26);1H. The summed E-state index contributed by atoms with van der Waals surface area (Å²) in [7, 11) is 6.23. The van der Waals surface area contributed by atoms with Gasteiger partial charge in [0.25, 0.3) is 0 Å². The highest BCUT2D eigenvalue weighted by atomic mass is 127. The lowest BCUT2D eigenvalue weighted by atomic mass is 10.2. The summed E-state index contributed by atoms with van der Waals surface area (Å²) in [5.41, 5.74) is 0. The second kappa shape index (κ2) is 12.0. The molecule has 2 rings (SSSR count). The van der Waals surface area contributed by atoms with Crippen molar-refractivity contribution in [3.05, 3.63) is 0 Å². The van der Waals surface area contributed by atoms with Gasteiger partial charge < -0.3 is 20.4 Å². The second-order valence-corrected chi connectivity index (χ2v) is 7.81. The number of piperazine rings is 2. The summed E-state index contributed by atoms with van der Waals surface area (Å²) in [5.74, 6) is 1.08. The minimum atomic E-state index is 0. The third-order valence-corrected chi connectivity index (χ3v) is 5.18. The van der Waals surface area contributed by atoms with Gasteiger partial charge in [-0.05, 0) is 27.9 Å². The Morgan fingerprint density at radius 1 is 1.11 bits per heavy atom. The van der Waals surface area contributed by atoms with E-state index in [0.29, 0.717) is 12.6 Å². The number of hydrogen-bond acceptors (Lipinski definition) is 5. The van der Waals surface area contributed by atoms with E-state index in [1.165, 1.54) is 0 Å². The van der Waals surface area contributed by atoms with Gasteiger partial charge in [-0.15, -0.1) is 24.0 Å². The normalized spacial score (nSPS) is 23.3. The van der Waals surface area contributed by atoms with Crippen molar-refractivity contribution < 1.29 is 4.79 Å². The first-order chi connectivity index (χ1) is 12.4. The van der Waals surface area contributed by atoms with Gasteiger partial charge in [0, 0.05) is 71.5 Å². The Hall–Kier alpha value is -0.650. The number of aliphatic imine (C=N–C) groups is 1. The minimum Gasteiger partial charge on any atom is -0.355 e. The number of nitrogens with zero attached hydrogens (tertiary/aromatic N) is 5. The predicted octanol–water partition coefficient (Wildman–Crippen LogP) is -0.432. The lowest BCUT2D eigenvalue weighted by Crippen LogP contribution is -2.58. The molecule has 1 amide bonds. The van der Waals surface area contributed by atoms with Crippen molar-refractivity contribution in [3.63, 3.8) is 0 Å². The van der Waals surface area contributed by atoms with Gasteiger partial charge in [0.15, 0.2) is 5.96 Å². The Kier molecular flexibility index (Phi) is 10.9. The van der Waals surface area contributed by atoms with E-state index in [-0.39, 0.29) is 35.9 Å². The van der Waals surface area contributed by atoms with Crippen molar-refractivity contribution in [2.75, 3.05) is 80.0 Å². The van der Waals surface area contributed by atoms with Crippen LogP contribution in [-0.4, -0.2) is 124 Å². The fourth-order valence-corrected chi connectivity index (χ4v) is 3.55. The summed E-state index contributed by atoms with van der Waals surface area (Å²) < 4.78 is 0. The third kappa shape index (κ3) is 8.08. The average Bonchev–Trinajstić information content (AvgIpc) is 2.59. The van der Waals surface area contributed by atoms with Crippen LogP contribution in [0, 0.1) is 0 Å². The first-order valence-corrected chi connectivity index (χ1v) is 9.75. The van der Waals surface area contributed by atoms with Gasteiger partial charge in [-0.3, -0.25) is 19.6 Å². The average molecular weight is 495 g/mol. The van der Waals surface area contributed by atoms with E-state index in [9.17, 15) is 4.79 Å². The molecule has 27 heavy (non-hydrogen) atoms. The SMILES string of the molecule is CN=C(NCC1CN(C)CCN1C)N1CCN(CC(=O)NC(C)C)CC1.I. The molecule has 2 fully saturated rings. The highest BCUT2D eigenvalue weighted by Gasteiger charge is 2.24. The lowest BCUT2D eigenvalue weighted by molar-refractivity contribution is -0.123. The summed E-state index contributed by atoms with van der Waals surface area (Å²) >= 11 is 0. The molecule has 2 aliphatic rings. The molecule has 158 valence electrons. The van der Waals surface area contributed by atoms with E-state index >= 15 is 0 Å². The predicted molar refractivity (Wildman–Crippen MR) is 122 cm³/mol. The van der Waals surface area contributed by atoms with Crippen LogP contribution in [0.5, 0.6) is 0 Å². The first kappa shape index (κ1) is 24.4. The molecule has 1 unspecified atom stereocenters.